The van der Waals surface area contributed by atoms with E-state index in [1.165, 1.54) is 18.6 Å². The van der Waals surface area contributed by atoms with Crippen molar-refractivity contribution in [3.05, 3.63) is 83.4 Å². The van der Waals surface area contributed by atoms with Crippen LogP contribution < -0.4 is 4.90 Å². The van der Waals surface area contributed by atoms with Crippen molar-refractivity contribution >= 4 is 15.7 Å². The second-order valence-corrected chi connectivity index (χ2v) is 10.4. The van der Waals surface area contributed by atoms with Gasteiger partial charge in [-0.25, -0.2) is 13.4 Å². The predicted molar refractivity (Wildman–Crippen MR) is 120 cm³/mol. The van der Waals surface area contributed by atoms with Gasteiger partial charge in [-0.15, -0.1) is 0 Å². The van der Waals surface area contributed by atoms with Gasteiger partial charge in [-0.2, -0.15) is 30.6 Å². The normalized spacial score (nSPS) is 17.6. The van der Waals surface area contributed by atoms with E-state index in [-0.39, 0.29) is 28.5 Å². The monoisotopic (exact) mass is 532 g/mol. The summed E-state index contributed by atoms with van der Waals surface area (Å²) < 4.78 is 106. The van der Waals surface area contributed by atoms with Crippen LogP contribution in [0.4, 0.5) is 32.0 Å². The summed E-state index contributed by atoms with van der Waals surface area (Å²) in [5, 5.41) is 0. The molecule has 0 bridgehead atoms. The van der Waals surface area contributed by atoms with E-state index in [2.05, 4.69) is 9.97 Å². The number of alkyl halides is 6. The highest BCUT2D eigenvalue weighted by molar-refractivity contribution is 7.89. The van der Waals surface area contributed by atoms with Crippen molar-refractivity contribution in [2.75, 3.05) is 11.4 Å². The minimum atomic E-state index is -5.81. The quantitative estimate of drug-likeness (QED) is 0.449. The van der Waals surface area contributed by atoms with Gasteiger partial charge in [-0.05, 0) is 42.2 Å². The number of imidazole rings is 1. The number of anilines is 1. The number of benzene rings is 2. The Bertz CT molecular complexity index is 1280. The highest BCUT2D eigenvalue weighted by atomic mass is 32.2. The number of halogens is 6. The van der Waals surface area contributed by atoms with Crippen molar-refractivity contribution in [3.8, 4) is 0 Å². The number of nitrogens with one attached hydrogen (secondary N) is 1. The lowest BCUT2D eigenvalue weighted by molar-refractivity contribution is -0.137. The van der Waals surface area contributed by atoms with Gasteiger partial charge in [0.2, 0.25) is 0 Å². The molecule has 3 aromatic rings. The van der Waals surface area contributed by atoms with Crippen molar-refractivity contribution < 1.29 is 34.8 Å². The standard InChI is InChI=1S/C23H22F6N4O2S/c24-22(25,26)18-7-9-21-17(10-18)12-32(36(34,35)23(27,28)29)14-20(8-6-16-4-2-1-3-5-16)33(21)13-19-11-30-15-31-19/h1-5,7,9-11,15,20H,6,8,12-14H2,(H,30,31). The van der Waals surface area contributed by atoms with Crippen LogP contribution in [0.5, 0.6) is 0 Å². The number of rotatable bonds is 6. The van der Waals surface area contributed by atoms with E-state index in [0.717, 1.165) is 11.6 Å². The minimum absolute atomic E-state index is 0.0811. The summed E-state index contributed by atoms with van der Waals surface area (Å²) in [4.78, 5) is 8.47. The van der Waals surface area contributed by atoms with Gasteiger partial charge in [0.05, 0.1) is 24.1 Å². The molecule has 0 spiro atoms. The van der Waals surface area contributed by atoms with Gasteiger partial charge in [-0.1, -0.05) is 30.3 Å². The predicted octanol–water partition coefficient (Wildman–Crippen LogP) is 5.10. The summed E-state index contributed by atoms with van der Waals surface area (Å²) in [5.41, 5.74) is -5.15. The Hall–Kier alpha value is -3.06. The van der Waals surface area contributed by atoms with Gasteiger partial charge in [0.1, 0.15) is 0 Å². The first kappa shape index (κ1) is 26.0. The molecule has 0 aliphatic carbocycles. The molecular weight excluding hydrogens is 510 g/mol. The van der Waals surface area contributed by atoms with Gasteiger partial charge in [0.25, 0.3) is 0 Å². The van der Waals surface area contributed by atoms with Crippen molar-refractivity contribution in [2.24, 2.45) is 0 Å². The van der Waals surface area contributed by atoms with Crippen LogP contribution in [0, 0.1) is 0 Å². The molecule has 0 saturated heterocycles. The highest BCUT2D eigenvalue weighted by Crippen LogP contribution is 2.39. The number of fused-ring (bicyclic) bond motifs is 1. The lowest BCUT2D eigenvalue weighted by Crippen LogP contribution is -2.47. The maximum atomic E-state index is 13.5. The topological polar surface area (TPSA) is 69.3 Å². The molecule has 194 valence electrons. The smallest absolute Gasteiger partial charge is 0.361 e. The van der Waals surface area contributed by atoms with Crippen LogP contribution in [0.3, 0.4) is 0 Å². The van der Waals surface area contributed by atoms with Crippen LogP contribution in [0.1, 0.15) is 28.8 Å². The third kappa shape index (κ3) is 5.51. The SMILES string of the molecule is O=S(=O)(N1Cc2cc(C(F)(F)F)ccc2N(Cc2cnc[nH]2)C(CCc2ccccc2)C1)C(F)(F)F. The number of aromatic nitrogens is 2. The number of sulfonamides is 1. The number of hydrogen-bond donors (Lipinski definition) is 1. The first-order chi connectivity index (χ1) is 16.9. The van der Waals surface area contributed by atoms with Gasteiger partial charge in [0, 0.05) is 31.0 Å². The Morgan fingerprint density at radius 2 is 1.75 bits per heavy atom. The highest BCUT2D eigenvalue weighted by Gasteiger charge is 2.51. The van der Waals surface area contributed by atoms with Crippen molar-refractivity contribution in [2.45, 2.75) is 43.7 Å². The Morgan fingerprint density at radius 1 is 1.03 bits per heavy atom. The molecule has 0 radical (unpaired) electrons. The fourth-order valence-electron chi connectivity index (χ4n) is 4.28. The molecule has 0 fully saturated rings. The van der Waals surface area contributed by atoms with Crippen LogP contribution in [-0.2, 0) is 35.7 Å². The Balaban J connectivity index is 1.81. The average molecular weight is 533 g/mol. The fraction of sp³-hybridized carbons (Fsp3) is 0.348. The zero-order chi connectivity index (χ0) is 26.1. The lowest BCUT2D eigenvalue weighted by atomic mass is 10.0. The third-order valence-electron chi connectivity index (χ3n) is 6.06. The average Bonchev–Trinajstić information content (AvgIpc) is 3.26. The summed E-state index contributed by atoms with van der Waals surface area (Å²) in [7, 11) is -5.81. The first-order valence-corrected chi connectivity index (χ1v) is 12.3. The van der Waals surface area contributed by atoms with E-state index >= 15 is 0 Å². The van der Waals surface area contributed by atoms with E-state index in [1.54, 1.807) is 17.0 Å². The molecule has 2 aromatic carbocycles. The minimum Gasteiger partial charge on any atom is -0.361 e. The Morgan fingerprint density at radius 3 is 2.36 bits per heavy atom. The van der Waals surface area contributed by atoms with E-state index in [9.17, 15) is 34.8 Å². The molecule has 36 heavy (non-hydrogen) atoms. The molecule has 1 atom stereocenters. The molecule has 2 heterocycles. The van der Waals surface area contributed by atoms with Crippen LogP contribution in [-0.4, -0.2) is 40.8 Å². The molecular formula is C23H22F6N4O2S. The lowest BCUT2D eigenvalue weighted by Gasteiger charge is -2.34. The molecule has 4 rings (SSSR count). The van der Waals surface area contributed by atoms with Crippen LogP contribution in [0.25, 0.3) is 0 Å². The number of hydrogen-bond acceptors (Lipinski definition) is 4. The zero-order valence-corrected chi connectivity index (χ0v) is 19.5. The van der Waals surface area contributed by atoms with Gasteiger partial charge >= 0.3 is 21.7 Å². The maximum absolute atomic E-state index is 13.5. The molecule has 0 saturated carbocycles. The largest absolute Gasteiger partial charge is 0.511 e. The summed E-state index contributed by atoms with van der Waals surface area (Å²) in [6.07, 6.45) is -1.19. The molecule has 1 aromatic heterocycles. The molecule has 1 unspecified atom stereocenters. The fourth-order valence-corrected chi connectivity index (χ4v) is 5.25. The zero-order valence-electron chi connectivity index (χ0n) is 18.7. The summed E-state index contributed by atoms with van der Waals surface area (Å²) in [6, 6.07) is 11.1. The second kappa shape index (κ2) is 9.77. The van der Waals surface area contributed by atoms with E-state index in [1.807, 2.05) is 18.2 Å². The molecule has 13 heteroatoms. The number of nitrogens with zero attached hydrogens (tertiary/aromatic N) is 3. The third-order valence-corrected chi connectivity index (χ3v) is 7.60. The Kier molecular flexibility index (Phi) is 7.06. The first-order valence-electron chi connectivity index (χ1n) is 10.9. The summed E-state index contributed by atoms with van der Waals surface area (Å²) >= 11 is 0. The van der Waals surface area contributed by atoms with Gasteiger partial charge in [-0.3, -0.25) is 0 Å². The molecule has 1 aliphatic rings. The molecule has 1 aliphatic heterocycles. The number of aromatic amines is 1. The van der Waals surface area contributed by atoms with Gasteiger partial charge < -0.3 is 9.88 Å². The van der Waals surface area contributed by atoms with Crippen molar-refractivity contribution in [3.63, 3.8) is 0 Å². The Labute approximate surface area is 203 Å². The number of H-pyrrole nitrogens is 1. The van der Waals surface area contributed by atoms with Crippen molar-refractivity contribution in [1.82, 2.24) is 14.3 Å². The maximum Gasteiger partial charge on any atom is 0.511 e. The van der Waals surface area contributed by atoms with Gasteiger partial charge in [0.15, 0.2) is 0 Å². The molecule has 6 nitrogen and oxygen atoms in total. The molecule has 1 N–H and O–H groups in total. The van der Waals surface area contributed by atoms with Crippen LogP contribution in [0.2, 0.25) is 0 Å². The van der Waals surface area contributed by atoms with Crippen LogP contribution in [0.15, 0.2) is 61.1 Å². The van der Waals surface area contributed by atoms with Crippen molar-refractivity contribution in [1.29, 1.82) is 0 Å². The van der Waals surface area contributed by atoms with E-state index in [4.69, 9.17) is 0 Å². The van der Waals surface area contributed by atoms with Crippen LogP contribution >= 0.6 is 0 Å². The summed E-state index contributed by atoms with van der Waals surface area (Å²) in [5.74, 6) is 0. The van der Waals surface area contributed by atoms with E-state index in [0.29, 0.717) is 18.2 Å². The number of aryl methyl sites for hydroxylation is 1. The molecule has 0 amide bonds. The van der Waals surface area contributed by atoms with E-state index < -0.39 is 46.4 Å². The summed E-state index contributed by atoms with van der Waals surface area (Å²) in [6.45, 7) is -1.32. The second-order valence-electron chi connectivity index (χ2n) is 8.47.